The molecule has 1 aromatic carbocycles. The second kappa shape index (κ2) is 10.0. The van der Waals surface area contributed by atoms with Crippen LogP contribution in [0.15, 0.2) is 42.6 Å². The maximum absolute atomic E-state index is 13.6. The molecule has 1 amide bonds. The molecule has 2 aromatic rings. The highest BCUT2D eigenvalue weighted by molar-refractivity contribution is 5.97. The van der Waals surface area contributed by atoms with E-state index in [1.807, 2.05) is 42.3 Å². The van der Waals surface area contributed by atoms with Crippen molar-refractivity contribution in [1.82, 2.24) is 4.98 Å². The summed E-state index contributed by atoms with van der Waals surface area (Å²) in [6, 6.07) is 12.0. The van der Waals surface area contributed by atoms with Gasteiger partial charge < -0.3 is 15.4 Å². The lowest BCUT2D eigenvalue weighted by Gasteiger charge is -2.29. The van der Waals surface area contributed by atoms with Crippen molar-refractivity contribution in [3.8, 4) is 5.75 Å². The van der Waals surface area contributed by atoms with E-state index in [0.29, 0.717) is 18.4 Å². The van der Waals surface area contributed by atoms with Crippen molar-refractivity contribution in [2.75, 3.05) is 18.1 Å². The number of carbonyl (C=O) groups excluding carboxylic acids is 1. The van der Waals surface area contributed by atoms with E-state index in [1.165, 1.54) is 19.3 Å². The van der Waals surface area contributed by atoms with Crippen molar-refractivity contribution in [3.63, 3.8) is 0 Å². The molecule has 2 aliphatic rings. The van der Waals surface area contributed by atoms with Crippen LogP contribution in [0.1, 0.15) is 63.1 Å². The Bertz CT molecular complexity index is 892. The smallest absolute Gasteiger partial charge is 0.230 e. The predicted octanol–water partition coefficient (Wildman–Crippen LogP) is 5.08. The van der Waals surface area contributed by atoms with Gasteiger partial charge >= 0.3 is 0 Å². The lowest BCUT2D eigenvalue weighted by molar-refractivity contribution is -0.120. The Morgan fingerprint density at radius 3 is 2.56 bits per heavy atom. The average molecular weight is 436 g/mol. The van der Waals surface area contributed by atoms with Gasteiger partial charge in [0.2, 0.25) is 5.91 Å². The maximum atomic E-state index is 13.6. The number of nitrogens with zero attached hydrogens (tertiary/aromatic N) is 2. The number of pyridine rings is 1. The molecule has 0 radical (unpaired) electrons. The number of aryl methyl sites for hydroxylation is 1. The predicted molar refractivity (Wildman–Crippen MR) is 129 cm³/mol. The molecule has 0 unspecified atom stereocenters. The van der Waals surface area contributed by atoms with Crippen LogP contribution < -0.4 is 15.4 Å². The van der Waals surface area contributed by atoms with Crippen LogP contribution in [0.4, 0.5) is 5.69 Å². The van der Waals surface area contributed by atoms with Crippen LogP contribution in [0, 0.1) is 24.7 Å². The zero-order chi connectivity index (χ0) is 22.7. The van der Waals surface area contributed by atoms with E-state index >= 15 is 0 Å². The van der Waals surface area contributed by atoms with Gasteiger partial charge in [0, 0.05) is 42.0 Å². The van der Waals surface area contributed by atoms with E-state index < -0.39 is 0 Å². The summed E-state index contributed by atoms with van der Waals surface area (Å²) in [5, 5.41) is 0. The Morgan fingerprint density at radius 2 is 1.97 bits per heavy atom. The van der Waals surface area contributed by atoms with Crippen molar-refractivity contribution in [2.45, 2.75) is 64.8 Å². The lowest BCUT2D eigenvalue weighted by atomic mass is 9.86. The van der Waals surface area contributed by atoms with Crippen LogP contribution in [0.25, 0.3) is 0 Å². The number of benzene rings is 1. The molecule has 2 fully saturated rings. The summed E-state index contributed by atoms with van der Waals surface area (Å²) >= 11 is 0. The third kappa shape index (κ3) is 5.32. The van der Waals surface area contributed by atoms with Gasteiger partial charge in [-0.25, -0.2) is 0 Å². The van der Waals surface area contributed by atoms with Gasteiger partial charge in [-0.1, -0.05) is 32.8 Å². The first-order chi connectivity index (χ1) is 15.5. The normalized spacial score (nSPS) is 22.0. The number of ether oxygens (including phenoxy) is 1. The standard InChI is InChI=1S/C27H37N3O2/c1-4-19(3)25(28)16-30(21-9-11-22(12-10-21)32-17-20-6-5-7-20)27(31)24-14-23(24)26-13-8-18(2)15-29-26/h8-13,15,19-20,23-25H,4-7,14,16-17,28H2,1-3H3/t19-,23+,24+,25+/m0/s1. The van der Waals surface area contributed by atoms with Gasteiger partial charge in [-0.15, -0.1) is 0 Å². The van der Waals surface area contributed by atoms with Crippen LogP contribution in [-0.4, -0.2) is 30.1 Å². The lowest BCUT2D eigenvalue weighted by Crippen LogP contribution is -2.45. The van der Waals surface area contributed by atoms with E-state index in [-0.39, 0.29) is 23.8 Å². The van der Waals surface area contributed by atoms with Crippen molar-refractivity contribution in [2.24, 2.45) is 23.5 Å². The van der Waals surface area contributed by atoms with Gasteiger partial charge in [-0.3, -0.25) is 9.78 Å². The summed E-state index contributed by atoms with van der Waals surface area (Å²) in [5.74, 6) is 2.25. The Hall–Kier alpha value is -2.40. The van der Waals surface area contributed by atoms with Gasteiger partial charge in [-0.05, 0) is 73.9 Å². The number of carbonyl (C=O) groups is 1. The molecular formula is C27H37N3O2. The summed E-state index contributed by atoms with van der Waals surface area (Å²) in [5.41, 5.74) is 9.53. The number of hydrogen-bond acceptors (Lipinski definition) is 4. The molecule has 5 heteroatoms. The minimum absolute atomic E-state index is 0.0242. The SMILES string of the molecule is CC[C@H](C)[C@H](N)CN(C(=O)[C@@H]1C[C@H]1c1ccc(C)cn1)c1ccc(OCC2CCC2)cc1. The largest absolute Gasteiger partial charge is 0.493 e. The van der Waals surface area contributed by atoms with Gasteiger partial charge in [0.1, 0.15) is 5.75 Å². The molecule has 0 spiro atoms. The fourth-order valence-electron chi connectivity index (χ4n) is 4.31. The second-order valence-corrected chi connectivity index (χ2v) is 9.81. The van der Waals surface area contributed by atoms with E-state index in [0.717, 1.165) is 42.1 Å². The third-order valence-electron chi connectivity index (χ3n) is 7.31. The Balaban J connectivity index is 1.46. The van der Waals surface area contributed by atoms with Gasteiger partial charge in [-0.2, -0.15) is 0 Å². The number of hydrogen-bond donors (Lipinski definition) is 1. The molecule has 2 N–H and O–H groups in total. The maximum Gasteiger partial charge on any atom is 0.230 e. The molecule has 5 nitrogen and oxygen atoms in total. The van der Waals surface area contributed by atoms with Gasteiger partial charge in [0.05, 0.1) is 6.61 Å². The minimum atomic E-state index is -0.0619. The molecule has 0 bridgehead atoms. The zero-order valence-corrected chi connectivity index (χ0v) is 19.7. The minimum Gasteiger partial charge on any atom is -0.493 e. The summed E-state index contributed by atoms with van der Waals surface area (Å²) in [6.07, 6.45) is 7.59. The Labute approximate surface area is 192 Å². The van der Waals surface area contributed by atoms with Crippen molar-refractivity contribution >= 4 is 11.6 Å². The average Bonchev–Trinajstić information content (AvgIpc) is 3.57. The van der Waals surface area contributed by atoms with Crippen LogP contribution in [0.2, 0.25) is 0 Å². The second-order valence-electron chi connectivity index (χ2n) is 9.81. The molecular weight excluding hydrogens is 398 g/mol. The number of aromatic nitrogens is 1. The molecule has 4 atom stereocenters. The van der Waals surface area contributed by atoms with E-state index in [2.05, 4.69) is 31.0 Å². The Morgan fingerprint density at radius 1 is 1.22 bits per heavy atom. The van der Waals surface area contributed by atoms with Crippen molar-refractivity contribution in [3.05, 3.63) is 53.9 Å². The number of amides is 1. The summed E-state index contributed by atoms with van der Waals surface area (Å²) in [4.78, 5) is 20.0. The summed E-state index contributed by atoms with van der Waals surface area (Å²) < 4.78 is 5.95. The monoisotopic (exact) mass is 435 g/mol. The highest BCUT2D eigenvalue weighted by Gasteiger charge is 2.47. The number of anilines is 1. The topological polar surface area (TPSA) is 68.5 Å². The fourth-order valence-corrected chi connectivity index (χ4v) is 4.31. The summed E-state index contributed by atoms with van der Waals surface area (Å²) in [6.45, 7) is 7.64. The zero-order valence-electron chi connectivity index (χ0n) is 19.7. The number of rotatable bonds is 10. The molecule has 1 aromatic heterocycles. The Kier molecular flexibility index (Phi) is 7.14. The molecule has 2 saturated carbocycles. The van der Waals surface area contributed by atoms with Crippen LogP contribution in [-0.2, 0) is 4.79 Å². The molecule has 2 aliphatic carbocycles. The fraction of sp³-hybridized carbons (Fsp3) is 0.556. The highest BCUT2D eigenvalue weighted by Crippen LogP contribution is 2.48. The van der Waals surface area contributed by atoms with Crippen LogP contribution >= 0.6 is 0 Å². The number of nitrogens with two attached hydrogens (primary N) is 1. The third-order valence-corrected chi connectivity index (χ3v) is 7.31. The first kappa shape index (κ1) is 22.8. The molecule has 0 aliphatic heterocycles. The molecule has 1 heterocycles. The quantitative estimate of drug-likeness (QED) is 0.565. The first-order valence-electron chi connectivity index (χ1n) is 12.2. The molecule has 32 heavy (non-hydrogen) atoms. The van der Waals surface area contributed by atoms with E-state index in [9.17, 15) is 4.79 Å². The van der Waals surface area contributed by atoms with Crippen molar-refractivity contribution in [1.29, 1.82) is 0 Å². The van der Waals surface area contributed by atoms with Crippen LogP contribution in [0.5, 0.6) is 5.75 Å². The molecule has 0 saturated heterocycles. The molecule has 172 valence electrons. The van der Waals surface area contributed by atoms with Gasteiger partial charge in [0.15, 0.2) is 0 Å². The van der Waals surface area contributed by atoms with E-state index in [1.54, 1.807) is 0 Å². The summed E-state index contributed by atoms with van der Waals surface area (Å²) in [7, 11) is 0. The molecule has 4 rings (SSSR count). The highest BCUT2D eigenvalue weighted by atomic mass is 16.5. The van der Waals surface area contributed by atoms with Crippen molar-refractivity contribution < 1.29 is 9.53 Å². The first-order valence-corrected chi connectivity index (χ1v) is 12.2. The van der Waals surface area contributed by atoms with Gasteiger partial charge in [0.25, 0.3) is 0 Å². The van der Waals surface area contributed by atoms with E-state index in [4.69, 9.17) is 10.5 Å². The van der Waals surface area contributed by atoms with Crippen LogP contribution in [0.3, 0.4) is 0 Å².